The number of ether oxygens (including phenoxy) is 3. The lowest BCUT2D eigenvalue weighted by molar-refractivity contribution is -0.127. The molecule has 1 aliphatic rings. The fourth-order valence-electron chi connectivity index (χ4n) is 2.46. The highest BCUT2D eigenvalue weighted by molar-refractivity contribution is 5.91. The van der Waals surface area contributed by atoms with Gasteiger partial charge in [-0.15, -0.1) is 0 Å². The van der Waals surface area contributed by atoms with Crippen molar-refractivity contribution in [1.29, 1.82) is 0 Å². The third kappa shape index (κ3) is 4.58. The third-order valence-electron chi connectivity index (χ3n) is 3.77. The van der Waals surface area contributed by atoms with Crippen LogP contribution in [0.15, 0.2) is 48.7 Å². The maximum atomic E-state index is 12.6. The van der Waals surface area contributed by atoms with Gasteiger partial charge in [-0.2, -0.15) is 0 Å². The van der Waals surface area contributed by atoms with Gasteiger partial charge >= 0.3 is 0 Å². The Morgan fingerprint density at radius 2 is 2.16 bits per heavy atom. The topological polar surface area (TPSA) is 60.9 Å². The van der Waals surface area contributed by atoms with Gasteiger partial charge in [-0.3, -0.25) is 9.78 Å². The highest BCUT2D eigenvalue weighted by Crippen LogP contribution is 2.32. The fraction of sp³-hybridized carbons (Fsp3) is 0.263. The summed E-state index contributed by atoms with van der Waals surface area (Å²) >= 11 is 0. The van der Waals surface area contributed by atoms with Crippen molar-refractivity contribution in [2.45, 2.75) is 6.54 Å². The van der Waals surface area contributed by atoms with E-state index in [1.807, 2.05) is 36.4 Å². The summed E-state index contributed by atoms with van der Waals surface area (Å²) < 4.78 is 15.8. The van der Waals surface area contributed by atoms with E-state index in [9.17, 15) is 4.79 Å². The highest BCUT2D eigenvalue weighted by Gasteiger charge is 2.16. The van der Waals surface area contributed by atoms with Crippen LogP contribution in [-0.2, 0) is 16.1 Å². The van der Waals surface area contributed by atoms with Gasteiger partial charge in [-0.25, -0.2) is 0 Å². The molecule has 0 radical (unpaired) electrons. The molecule has 2 aromatic rings. The van der Waals surface area contributed by atoms with E-state index in [0.29, 0.717) is 25.4 Å². The van der Waals surface area contributed by atoms with E-state index in [-0.39, 0.29) is 12.7 Å². The van der Waals surface area contributed by atoms with E-state index in [0.717, 1.165) is 17.0 Å². The lowest BCUT2D eigenvalue weighted by atomic mass is 10.2. The number of nitrogens with zero attached hydrogens (tertiary/aromatic N) is 2. The number of hydrogen-bond donors (Lipinski definition) is 0. The first-order valence-electron chi connectivity index (χ1n) is 8.02. The van der Waals surface area contributed by atoms with E-state index in [4.69, 9.17) is 14.2 Å². The summed E-state index contributed by atoms with van der Waals surface area (Å²) in [4.78, 5) is 18.5. The lowest BCUT2D eigenvalue weighted by Crippen LogP contribution is -2.32. The highest BCUT2D eigenvalue weighted by atomic mass is 16.7. The monoisotopic (exact) mass is 340 g/mol. The summed E-state index contributed by atoms with van der Waals surface area (Å²) in [7, 11) is 1.62. The number of pyridine rings is 1. The molecule has 0 bridgehead atoms. The molecule has 3 rings (SSSR count). The summed E-state index contributed by atoms with van der Waals surface area (Å²) in [6.45, 7) is 1.66. The summed E-state index contributed by atoms with van der Waals surface area (Å²) in [6.07, 6.45) is 4.94. The Morgan fingerprint density at radius 1 is 1.28 bits per heavy atom. The second-order valence-corrected chi connectivity index (χ2v) is 5.53. The number of fused-ring (bicyclic) bond motifs is 1. The molecule has 0 fully saturated rings. The number of hydrogen-bond acceptors (Lipinski definition) is 5. The van der Waals surface area contributed by atoms with E-state index in [1.54, 1.807) is 24.3 Å². The van der Waals surface area contributed by atoms with Gasteiger partial charge in [0.2, 0.25) is 12.7 Å². The van der Waals surface area contributed by atoms with Crippen LogP contribution >= 0.6 is 0 Å². The standard InChI is InChI=1S/C19H20N2O4/c1-23-11-10-21(19(22)8-6-16-4-2-3-9-20-16)13-15-5-7-17-18(12-15)25-14-24-17/h2-9,12H,10-11,13-14H2,1H3. The molecule has 25 heavy (non-hydrogen) atoms. The first-order valence-corrected chi connectivity index (χ1v) is 8.02. The molecule has 6 heteroatoms. The van der Waals surface area contributed by atoms with Crippen molar-refractivity contribution in [3.05, 3.63) is 59.9 Å². The number of benzene rings is 1. The molecule has 0 saturated carbocycles. The average molecular weight is 340 g/mol. The lowest BCUT2D eigenvalue weighted by Gasteiger charge is -2.21. The molecule has 0 saturated heterocycles. The van der Waals surface area contributed by atoms with Crippen molar-refractivity contribution in [2.24, 2.45) is 0 Å². The summed E-state index contributed by atoms with van der Waals surface area (Å²) in [5.74, 6) is 1.34. The number of rotatable bonds is 7. The van der Waals surface area contributed by atoms with Gasteiger partial charge in [0.15, 0.2) is 11.5 Å². The molecule has 1 aromatic heterocycles. The second kappa shape index (κ2) is 8.30. The zero-order chi connectivity index (χ0) is 17.5. The Morgan fingerprint density at radius 3 is 2.96 bits per heavy atom. The smallest absolute Gasteiger partial charge is 0.247 e. The minimum absolute atomic E-state index is 0.0969. The van der Waals surface area contributed by atoms with Crippen LogP contribution < -0.4 is 9.47 Å². The molecule has 130 valence electrons. The first kappa shape index (κ1) is 17.0. The SMILES string of the molecule is COCCN(Cc1ccc2c(c1)OCO2)C(=O)C=Cc1ccccn1. The van der Waals surface area contributed by atoms with E-state index in [1.165, 1.54) is 6.08 Å². The molecular weight excluding hydrogens is 320 g/mol. The van der Waals surface area contributed by atoms with Gasteiger partial charge in [0, 0.05) is 32.5 Å². The Hall–Kier alpha value is -2.86. The molecule has 0 N–H and O–H groups in total. The van der Waals surface area contributed by atoms with Crippen molar-refractivity contribution in [3.63, 3.8) is 0 Å². The maximum Gasteiger partial charge on any atom is 0.247 e. The fourth-order valence-corrected chi connectivity index (χ4v) is 2.46. The first-order chi connectivity index (χ1) is 12.3. The van der Waals surface area contributed by atoms with Crippen molar-refractivity contribution in [2.75, 3.05) is 27.1 Å². The molecule has 1 amide bonds. The predicted octanol–water partition coefficient (Wildman–Crippen LogP) is 2.50. The normalized spacial score (nSPS) is 12.5. The van der Waals surface area contributed by atoms with E-state index >= 15 is 0 Å². The average Bonchev–Trinajstić information content (AvgIpc) is 3.11. The second-order valence-electron chi connectivity index (χ2n) is 5.53. The van der Waals surface area contributed by atoms with Crippen molar-refractivity contribution in [1.82, 2.24) is 9.88 Å². The number of carbonyl (C=O) groups excluding carboxylic acids is 1. The van der Waals surface area contributed by atoms with Crippen LogP contribution in [0, 0.1) is 0 Å². The zero-order valence-electron chi connectivity index (χ0n) is 14.1. The number of carbonyl (C=O) groups is 1. The van der Waals surface area contributed by atoms with Gasteiger partial charge in [0.25, 0.3) is 0 Å². The van der Waals surface area contributed by atoms with E-state index in [2.05, 4.69) is 4.98 Å². The Balaban J connectivity index is 1.70. The van der Waals surface area contributed by atoms with Crippen molar-refractivity contribution >= 4 is 12.0 Å². The van der Waals surface area contributed by atoms with Gasteiger partial charge in [0.1, 0.15) is 0 Å². The van der Waals surface area contributed by atoms with Crippen LogP contribution in [0.2, 0.25) is 0 Å². The quantitative estimate of drug-likeness (QED) is 0.725. The molecule has 2 heterocycles. The molecule has 0 aliphatic carbocycles. The largest absolute Gasteiger partial charge is 0.454 e. The van der Waals surface area contributed by atoms with Crippen molar-refractivity contribution in [3.8, 4) is 11.5 Å². The molecular formula is C19H20N2O4. The molecule has 0 atom stereocenters. The van der Waals surface area contributed by atoms with E-state index < -0.39 is 0 Å². The van der Waals surface area contributed by atoms with Crippen LogP contribution in [0.5, 0.6) is 11.5 Å². The van der Waals surface area contributed by atoms with Crippen LogP contribution in [0.1, 0.15) is 11.3 Å². The molecule has 6 nitrogen and oxygen atoms in total. The molecule has 0 unspecified atom stereocenters. The Kier molecular flexibility index (Phi) is 5.64. The molecule has 1 aliphatic heterocycles. The van der Waals surface area contributed by atoms with Crippen LogP contribution in [-0.4, -0.2) is 42.8 Å². The van der Waals surface area contributed by atoms with Crippen LogP contribution in [0.25, 0.3) is 6.08 Å². The number of methoxy groups -OCH3 is 1. The third-order valence-corrected chi connectivity index (χ3v) is 3.77. The Bertz CT molecular complexity index is 746. The number of amides is 1. The summed E-state index contributed by atoms with van der Waals surface area (Å²) in [5, 5.41) is 0. The Labute approximate surface area is 146 Å². The van der Waals surface area contributed by atoms with Crippen LogP contribution in [0.3, 0.4) is 0 Å². The van der Waals surface area contributed by atoms with Gasteiger partial charge in [-0.05, 0) is 35.9 Å². The molecule has 0 spiro atoms. The molecule has 1 aromatic carbocycles. The zero-order valence-corrected chi connectivity index (χ0v) is 14.1. The minimum Gasteiger partial charge on any atom is -0.454 e. The maximum absolute atomic E-state index is 12.6. The van der Waals surface area contributed by atoms with Crippen molar-refractivity contribution < 1.29 is 19.0 Å². The summed E-state index contributed by atoms with van der Waals surface area (Å²) in [5.41, 5.74) is 1.71. The minimum atomic E-state index is -0.0969. The van der Waals surface area contributed by atoms with Crippen LogP contribution in [0.4, 0.5) is 0 Å². The summed E-state index contributed by atoms with van der Waals surface area (Å²) in [6, 6.07) is 11.3. The van der Waals surface area contributed by atoms with Gasteiger partial charge < -0.3 is 19.1 Å². The van der Waals surface area contributed by atoms with Gasteiger partial charge in [0.05, 0.1) is 12.3 Å². The van der Waals surface area contributed by atoms with Gasteiger partial charge in [-0.1, -0.05) is 12.1 Å². The number of aromatic nitrogens is 1. The predicted molar refractivity (Wildman–Crippen MR) is 93.1 cm³/mol.